The Labute approximate surface area is 160 Å². The molecule has 0 radical (unpaired) electrons. The Kier molecular flexibility index (Phi) is 5.02. The monoisotopic (exact) mass is 382 g/mol. The van der Waals surface area contributed by atoms with E-state index in [-0.39, 0.29) is 17.2 Å². The first-order valence-electron chi connectivity index (χ1n) is 8.55. The van der Waals surface area contributed by atoms with Gasteiger partial charge in [-0.1, -0.05) is 12.1 Å². The van der Waals surface area contributed by atoms with Crippen molar-refractivity contribution in [3.8, 4) is 0 Å². The molecule has 3 heterocycles. The second-order valence-electron chi connectivity index (χ2n) is 6.15. The van der Waals surface area contributed by atoms with Crippen LogP contribution < -0.4 is 5.32 Å². The van der Waals surface area contributed by atoms with Gasteiger partial charge in [-0.2, -0.15) is 0 Å². The van der Waals surface area contributed by atoms with Crippen molar-refractivity contribution in [2.24, 2.45) is 0 Å². The number of carbonyl (C=O) groups excluding carboxylic acids is 2. The van der Waals surface area contributed by atoms with Gasteiger partial charge in [-0.3, -0.25) is 9.59 Å². The third kappa shape index (κ3) is 3.93. The quantitative estimate of drug-likeness (QED) is 0.705. The molecular weight excluding hydrogens is 364 g/mol. The van der Waals surface area contributed by atoms with Crippen LogP contribution in [0.25, 0.3) is 0 Å². The molecule has 1 aromatic carbocycles. The SMILES string of the molecule is O=C(NCc1ccco1)c1ccc([C@@H]2SCC(=O)N2Cc2ccco2)cc1. The number of furan rings is 2. The van der Waals surface area contributed by atoms with E-state index in [1.165, 1.54) is 0 Å². The van der Waals surface area contributed by atoms with E-state index >= 15 is 0 Å². The van der Waals surface area contributed by atoms with Crippen LogP contribution in [0, 0.1) is 0 Å². The van der Waals surface area contributed by atoms with E-state index in [1.807, 2.05) is 30.3 Å². The highest BCUT2D eigenvalue weighted by atomic mass is 32.2. The summed E-state index contributed by atoms with van der Waals surface area (Å²) in [6.45, 7) is 0.784. The van der Waals surface area contributed by atoms with Gasteiger partial charge in [0.2, 0.25) is 5.91 Å². The fraction of sp³-hybridized carbons (Fsp3) is 0.200. The lowest BCUT2D eigenvalue weighted by Gasteiger charge is -2.23. The molecule has 1 saturated heterocycles. The predicted molar refractivity (Wildman–Crippen MR) is 101 cm³/mol. The van der Waals surface area contributed by atoms with Crippen molar-refractivity contribution in [2.45, 2.75) is 18.5 Å². The Hall–Kier alpha value is -2.93. The standard InChI is InChI=1S/C20H18N2O4S/c23-18-13-27-20(22(18)12-17-4-2-10-26-17)15-7-5-14(6-8-15)19(24)21-11-16-3-1-9-25-16/h1-10,20H,11-13H2,(H,21,24)/t20-/m0/s1. The highest BCUT2D eigenvalue weighted by molar-refractivity contribution is 8.00. The molecule has 2 amide bonds. The third-order valence-corrected chi connectivity index (χ3v) is 5.59. The summed E-state index contributed by atoms with van der Waals surface area (Å²) in [7, 11) is 0. The van der Waals surface area contributed by atoms with E-state index in [1.54, 1.807) is 47.4 Å². The van der Waals surface area contributed by atoms with Crippen molar-refractivity contribution >= 4 is 23.6 Å². The van der Waals surface area contributed by atoms with Crippen LogP contribution in [-0.2, 0) is 17.9 Å². The Morgan fingerprint density at radius 3 is 2.44 bits per heavy atom. The third-order valence-electron chi connectivity index (χ3n) is 4.34. The van der Waals surface area contributed by atoms with Crippen molar-refractivity contribution < 1.29 is 18.4 Å². The minimum atomic E-state index is -0.166. The zero-order chi connectivity index (χ0) is 18.6. The molecule has 0 spiro atoms. The summed E-state index contributed by atoms with van der Waals surface area (Å²) in [6, 6.07) is 14.6. The smallest absolute Gasteiger partial charge is 0.251 e. The molecule has 0 saturated carbocycles. The molecule has 2 aromatic heterocycles. The zero-order valence-electron chi connectivity index (χ0n) is 14.5. The maximum Gasteiger partial charge on any atom is 0.251 e. The van der Waals surface area contributed by atoms with Gasteiger partial charge < -0.3 is 19.1 Å². The fourth-order valence-corrected chi connectivity index (χ4v) is 4.14. The summed E-state index contributed by atoms with van der Waals surface area (Å²) in [6.07, 6.45) is 3.18. The molecule has 3 aromatic rings. The normalized spacial score (nSPS) is 16.7. The van der Waals surface area contributed by atoms with Gasteiger partial charge in [-0.25, -0.2) is 0 Å². The summed E-state index contributed by atoms with van der Waals surface area (Å²) in [4.78, 5) is 26.3. The van der Waals surface area contributed by atoms with E-state index < -0.39 is 0 Å². The topological polar surface area (TPSA) is 75.7 Å². The Bertz CT molecular complexity index is 904. The van der Waals surface area contributed by atoms with Crippen LogP contribution in [0.2, 0.25) is 0 Å². The van der Waals surface area contributed by atoms with Crippen molar-refractivity contribution in [1.82, 2.24) is 10.2 Å². The van der Waals surface area contributed by atoms with Crippen molar-refractivity contribution in [3.63, 3.8) is 0 Å². The van der Waals surface area contributed by atoms with Crippen molar-refractivity contribution in [1.29, 1.82) is 0 Å². The van der Waals surface area contributed by atoms with Crippen LogP contribution in [0.1, 0.15) is 32.8 Å². The van der Waals surface area contributed by atoms with E-state index in [2.05, 4.69) is 5.32 Å². The van der Waals surface area contributed by atoms with Gasteiger partial charge >= 0.3 is 0 Å². The summed E-state index contributed by atoms with van der Waals surface area (Å²) in [5.74, 6) is 1.82. The average molecular weight is 382 g/mol. The number of carbonyl (C=O) groups is 2. The van der Waals surface area contributed by atoms with Gasteiger partial charge in [0.15, 0.2) is 0 Å². The predicted octanol–water partition coefficient (Wildman–Crippen LogP) is 3.58. The molecule has 4 rings (SSSR count). The lowest BCUT2D eigenvalue weighted by Crippen LogP contribution is -2.27. The Morgan fingerprint density at radius 1 is 1.07 bits per heavy atom. The van der Waals surface area contributed by atoms with Gasteiger partial charge in [0.25, 0.3) is 5.91 Å². The summed E-state index contributed by atoms with van der Waals surface area (Å²) in [5.41, 5.74) is 1.55. The first kappa shape index (κ1) is 17.5. The molecule has 6 nitrogen and oxygen atoms in total. The van der Waals surface area contributed by atoms with Gasteiger partial charge in [-0.15, -0.1) is 11.8 Å². The first-order chi connectivity index (χ1) is 13.2. The van der Waals surface area contributed by atoms with Crippen LogP contribution in [0.4, 0.5) is 0 Å². The summed E-state index contributed by atoms with van der Waals surface area (Å²) < 4.78 is 10.6. The fourth-order valence-electron chi connectivity index (χ4n) is 2.95. The van der Waals surface area contributed by atoms with Crippen LogP contribution in [0.3, 0.4) is 0 Å². The molecule has 1 fully saturated rings. The van der Waals surface area contributed by atoms with Crippen LogP contribution in [0.5, 0.6) is 0 Å². The van der Waals surface area contributed by atoms with Crippen molar-refractivity contribution in [3.05, 3.63) is 83.7 Å². The minimum absolute atomic E-state index is 0.0807. The minimum Gasteiger partial charge on any atom is -0.467 e. The number of nitrogens with zero attached hydrogens (tertiary/aromatic N) is 1. The molecule has 1 atom stereocenters. The lowest BCUT2D eigenvalue weighted by atomic mass is 10.1. The van der Waals surface area contributed by atoms with Crippen LogP contribution in [-0.4, -0.2) is 22.5 Å². The second kappa shape index (κ2) is 7.75. The highest BCUT2D eigenvalue weighted by Gasteiger charge is 2.33. The maximum absolute atomic E-state index is 12.3. The Balaban J connectivity index is 1.43. The van der Waals surface area contributed by atoms with E-state index in [0.717, 1.165) is 11.3 Å². The summed E-state index contributed by atoms with van der Waals surface area (Å²) >= 11 is 1.58. The molecular formula is C20H18N2O4S. The van der Waals surface area contributed by atoms with Gasteiger partial charge in [0.1, 0.15) is 16.9 Å². The zero-order valence-corrected chi connectivity index (χ0v) is 15.3. The number of amides is 2. The molecule has 7 heteroatoms. The van der Waals surface area contributed by atoms with Crippen molar-refractivity contribution in [2.75, 3.05) is 5.75 Å². The number of nitrogens with one attached hydrogen (secondary N) is 1. The van der Waals surface area contributed by atoms with Gasteiger partial charge in [0, 0.05) is 5.56 Å². The highest BCUT2D eigenvalue weighted by Crippen LogP contribution is 2.39. The number of hydrogen-bond donors (Lipinski definition) is 1. The second-order valence-corrected chi connectivity index (χ2v) is 7.22. The number of benzene rings is 1. The molecule has 0 unspecified atom stereocenters. The largest absolute Gasteiger partial charge is 0.467 e. The maximum atomic E-state index is 12.3. The molecule has 1 aliphatic rings. The van der Waals surface area contributed by atoms with E-state index in [0.29, 0.717) is 30.2 Å². The first-order valence-corrected chi connectivity index (χ1v) is 9.59. The molecule has 0 bridgehead atoms. The lowest BCUT2D eigenvalue weighted by molar-refractivity contribution is -0.128. The number of rotatable bonds is 6. The molecule has 27 heavy (non-hydrogen) atoms. The Morgan fingerprint density at radius 2 is 1.78 bits per heavy atom. The molecule has 138 valence electrons. The van der Waals surface area contributed by atoms with Gasteiger partial charge in [-0.05, 0) is 42.0 Å². The number of hydrogen-bond acceptors (Lipinski definition) is 5. The summed E-state index contributed by atoms with van der Waals surface area (Å²) in [5, 5.41) is 2.74. The molecule has 1 aliphatic heterocycles. The number of thioether (sulfide) groups is 1. The average Bonchev–Trinajstić information content (AvgIpc) is 3.44. The molecule has 0 aliphatic carbocycles. The van der Waals surface area contributed by atoms with Crippen LogP contribution in [0.15, 0.2) is 69.9 Å². The van der Waals surface area contributed by atoms with E-state index in [9.17, 15) is 9.59 Å². The van der Waals surface area contributed by atoms with E-state index in [4.69, 9.17) is 8.83 Å². The van der Waals surface area contributed by atoms with Crippen LogP contribution >= 0.6 is 11.8 Å². The molecule has 1 N–H and O–H groups in total. The van der Waals surface area contributed by atoms with Gasteiger partial charge in [0.05, 0.1) is 31.4 Å².